The van der Waals surface area contributed by atoms with E-state index in [1.165, 1.54) is 11.3 Å². The molecule has 1 aromatic carbocycles. The molecule has 0 unspecified atom stereocenters. The number of nitrogens with zero attached hydrogens (tertiary/aromatic N) is 2. The van der Waals surface area contributed by atoms with Gasteiger partial charge >= 0.3 is 0 Å². The molecule has 0 aliphatic carbocycles. The third-order valence-corrected chi connectivity index (χ3v) is 2.85. The molecule has 0 aliphatic heterocycles. The number of hydrogen-bond acceptors (Lipinski definition) is 2. The molecule has 0 radical (unpaired) electrons. The van der Waals surface area contributed by atoms with E-state index in [9.17, 15) is 0 Å². The van der Waals surface area contributed by atoms with Crippen LogP contribution in [0.4, 0.5) is 0 Å². The van der Waals surface area contributed by atoms with E-state index in [-0.39, 0.29) is 0 Å². The molecule has 0 fully saturated rings. The molecule has 0 saturated carbocycles. The second kappa shape index (κ2) is 4.49. The van der Waals surface area contributed by atoms with Gasteiger partial charge in [0.15, 0.2) is 0 Å². The van der Waals surface area contributed by atoms with Gasteiger partial charge in [-0.25, -0.2) is 4.98 Å². The van der Waals surface area contributed by atoms with Gasteiger partial charge in [0.25, 0.3) is 0 Å². The fourth-order valence-electron chi connectivity index (χ4n) is 1.74. The average molecular weight is 215 g/mol. The minimum absolute atomic E-state index is 0.905. The molecule has 84 valence electrons. The summed E-state index contributed by atoms with van der Waals surface area (Å²) in [5, 5.41) is 3.14. The molecule has 2 rings (SSSR count). The molecule has 3 heteroatoms. The zero-order valence-electron chi connectivity index (χ0n) is 9.99. The van der Waals surface area contributed by atoms with E-state index in [4.69, 9.17) is 0 Å². The molecule has 0 atom stereocenters. The minimum Gasteiger partial charge on any atom is -0.316 e. The lowest BCUT2D eigenvalue weighted by atomic mass is 10.2. The molecular formula is C13H17N3. The number of nitrogens with one attached hydrogen (secondary N) is 1. The Kier molecular flexibility index (Phi) is 3.06. The quantitative estimate of drug-likeness (QED) is 0.850. The molecule has 1 heterocycles. The lowest BCUT2D eigenvalue weighted by Gasteiger charge is -2.06. The first-order valence-electron chi connectivity index (χ1n) is 5.47. The Morgan fingerprint density at radius 2 is 1.88 bits per heavy atom. The largest absolute Gasteiger partial charge is 0.316 e. The van der Waals surface area contributed by atoms with Crippen LogP contribution >= 0.6 is 0 Å². The predicted octanol–water partition coefficient (Wildman–Crippen LogP) is 2.21. The highest BCUT2D eigenvalue weighted by molar-refractivity contribution is 5.37. The zero-order valence-corrected chi connectivity index (χ0v) is 9.99. The van der Waals surface area contributed by atoms with Crippen LogP contribution in [0.3, 0.4) is 0 Å². The second-order valence-corrected chi connectivity index (χ2v) is 3.98. The van der Waals surface area contributed by atoms with E-state index in [0.717, 1.165) is 17.9 Å². The predicted molar refractivity (Wildman–Crippen MR) is 65.8 cm³/mol. The van der Waals surface area contributed by atoms with Crippen molar-refractivity contribution < 1.29 is 0 Å². The molecule has 1 N–H and O–H groups in total. The van der Waals surface area contributed by atoms with E-state index < -0.39 is 0 Å². The summed E-state index contributed by atoms with van der Waals surface area (Å²) in [6, 6.07) is 8.53. The fourth-order valence-corrected chi connectivity index (χ4v) is 1.74. The molecule has 0 spiro atoms. The fraction of sp³-hybridized carbons (Fsp3) is 0.308. The molecule has 0 aliphatic rings. The van der Waals surface area contributed by atoms with Crippen LogP contribution in [0, 0.1) is 13.8 Å². The lowest BCUT2D eigenvalue weighted by Crippen LogP contribution is -2.05. The van der Waals surface area contributed by atoms with E-state index in [0.29, 0.717) is 0 Å². The van der Waals surface area contributed by atoms with E-state index in [1.807, 2.05) is 20.3 Å². The topological polar surface area (TPSA) is 29.9 Å². The van der Waals surface area contributed by atoms with Crippen LogP contribution < -0.4 is 5.32 Å². The summed E-state index contributed by atoms with van der Waals surface area (Å²) in [5.74, 6) is 0. The Hall–Kier alpha value is -1.61. The van der Waals surface area contributed by atoms with Crippen molar-refractivity contribution in [3.05, 3.63) is 47.5 Å². The second-order valence-electron chi connectivity index (χ2n) is 3.98. The van der Waals surface area contributed by atoms with Crippen molar-refractivity contribution in [2.75, 3.05) is 7.05 Å². The molecule has 0 saturated heterocycles. The van der Waals surface area contributed by atoms with Crippen LogP contribution in [0.2, 0.25) is 0 Å². The third kappa shape index (κ3) is 1.99. The normalized spacial score (nSPS) is 10.7. The number of hydrogen-bond donors (Lipinski definition) is 1. The Morgan fingerprint density at radius 1 is 1.19 bits per heavy atom. The Morgan fingerprint density at radius 3 is 2.38 bits per heavy atom. The number of benzene rings is 1. The molecule has 16 heavy (non-hydrogen) atoms. The minimum atomic E-state index is 0.905. The van der Waals surface area contributed by atoms with Gasteiger partial charge in [-0.2, -0.15) is 0 Å². The van der Waals surface area contributed by atoms with Gasteiger partial charge in [0, 0.05) is 17.9 Å². The van der Waals surface area contributed by atoms with Gasteiger partial charge in [0.1, 0.15) is 0 Å². The zero-order chi connectivity index (χ0) is 11.5. The van der Waals surface area contributed by atoms with Gasteiger partial charge in [-0.3, -0.25) is 0 Å². The molecule has 3 nitrogen and oxygen atoms in total. The van der Waals surface area contributed by atoms with Gasteiger partial charge in [0.05, 0.1) is 12.0 Å². The molecule has 2 aromatic rings. The summed E-state index contributed by atoms with van der Waals surface area (Å²) >= 11 is 0. The maximum absolute atomic E-state index is 4.30. The molecule has 1 aromatic heterocycles. The highest BCUT2D eigenvalue weighted by Crippen LogP contribution is 2.14. The van der Waals surface area contributed by atoms with Crippen LogP contribution in [0.15, 0.2) is 30.6 Å². The first-order chi connectivity index (χ1) is 7.72. The molecular weight excluding hydrogens is 198 g/mol. The van der Waals surface area contributed by atoms with Crippen molar-refractivity contribution in [2.24, 2.45) is 0 Å². The highest BCUT2D eigenvalue weighted by Gasteiger charge is 2.03. The van der Waals surface area contributed by atoms with Crippen LogP contribution in [-0.2, 0) is 6.54 Å². The Bertz CT molecular complexity index is 468. The summed E-state index contributed by atoms with van der Waals surface area (Å²) < 4.78 is 2.11. The maximum Gasteiger partial charge on any atom is 0.0997 e. The first-order valence-corrected chi connectivity index (χ1v) is 5.47. The summed E-state index contributed by atoms with van der Waals surface area (Å²) in [4.78, 5) is 4.30. The summed E-state index contributed by atoms with van der Waals surface area (Å²) in [6.45, 7) is 5.02. The van der Waals surface area contributed by atoms with E-state index >= 15 is 0 Å². The van der Waals surface area contributed by atoms with Gasteiger partial charge in [-0.1, -0.05) is 12.1 Å². The molecule has 0 amide bonds. The highest BCUT2D eigenvalue weighted by atomic mass is 15.1. The van der Waals surface area contributed by atoms with E-state index in [2.05, 4.69) is 46.1 Å². The van der Waals surface area contributed by atoms with Crippen molar-refractivity contribution in [3.8, 4) is 5.69 Å². The van der Waals surface area contributed by atoms with Crippen molar-refractivity contribution >= 4 is 0 Å². The van der Waals surface area contributed by atoms with Crippen molar-refractivity contribution in [1.29, 1.82) is 0 Å². The van der Waals surface area contributed by atoms with Gasteiger partial charge in [-0.05, 0) is 38.6 Å². The maximum atomic E-state index is 4.30. The number of imidazole rings is 1. The van der Waals surface area contributed by atoms with Crippen molar-refractivity contribution in [3.63, 3.8) is 0 Å². The number of rotatable bonds is 3. The van der Waals surface area contributed by atoms with E-state index in [1.54, 1.807) is 0 Å². The van der Waals surface area contributed by atoms with Crippen LogP contribution in [0.5, 0.6) is 0 Å². The third-order valence-electron chi connectivity index (χ3n) is 2.85. The first kappa shape index (κ1) is 10.9. The number of aryl methyl sites for hydroxylation is 1. The monoisotopic (exact) mass is 215 g/mol. The van der Waals surface area contributed by atoms with Crippen LogP contribution in [0.1, 0.15) is 17.0 Å². The van der Waals surface area contributed by atoms with Crippen LogP contribution in [-0.4, -0.2) is 16.6 Å². The smallest absolute Gasteiger partial charge is 0.0997 e. The Labute approximate surface area is 96.1 Å². The van der Waals surface area contributed by atoms with Gasteiger partial charge < -0.3 is 9.88 Å². The molecule has 0 bridgehead atoms. The lowest BCUT2D eigenvalue weighted by molar-refractivity contribution is 0.817. The number of aromatic nitrogens is 2. The SMILES string of the molecule is CNCc1ccc(-n2cnc(C)c2C)cc1. The summed E-state index contributed by atoms with van der Waals surface area (Å²) in [7, 11) is 1.96. The van der Waals surface area contributed by atoms with Gasteiger partial charge in [-0.15, -0.1) is 0 Å². The Balaban J connectivity index is 2.31. The summed E-state index contributed by atoms with van der Waals surface area (Å²) in [6.07, 6.45) is 1.87. The van der Waals surface area contributed by atoms with Crippen molar-refractivity contribution in [1.82, 2.24) is 14.9 Å². The van der Waals surface area contributed by atoms with Gasteiger partial charge in [0.2, 0.25) is 0 Å². The summed E-state index contributed by atoms with van der Waals surface area (Å²) in [5.41, 5.74) is 4.74. The standard InChI is InChI=1S/C13H17N3/c1-10-11(2)16(9-15-10)13-6-4-12(5-7-13)8-14-3/h4-7,9,14H,8H2,1-3H3. The average Bonchev–Trinajstić information content (AvgIpc) is 2.62. The van der Waals surface area contributed by atoms with Crippen molar-refractivity contribution in [2.45, 2.75) is 20.4 Å². The van der Waals surface area contributed by atoms with Crippen LogP contribution in [0.25, 0.3) is 5.69 Å².